The van der Waals surface area contributed by atoms with Crippen LogP contribution in [0.2, 0.25) is 0 Å². The first-order valence-corrected chi connectivity index (χ1v) is 14.7. The minimum Gasteiger partial charge on any atom is -0.477 e. The number of nitro benzene ring substituents is 1. The number of nitro groups is 1. The Labute approximate surface area is 251 Å². The molecule has 1 heterocycles. The largest absolute Gasteiger partial charge is 0.477 e. The summed E-state index contributed by atoms with van der Waals surface area (Å²) in [4.78, 5) is 25.0. The maximum absolute atomic E-state index is 11.7. The van der Waals surface area contributed by atoms with Crippen LogP contribution in [0.3, 0.4) is 0 Å². The van der Waals surface area contributed by atoms with Crippen LogP contribution in [0.5, 0.6) is 0 Å². The molecule has 43 heavy (non-hydrogen) atoms. The van der Waals surface area contributed by atoms with E-state index < -0.39 is 16.6 Å². The van der Waals surface area contributed by atoms with Crippen LogP contribution in [0.25, 0.3) is 11.1 Å². The summed E-state index contributed by atoms with van der Waals surface area (Å²) in [6.07, 6.45) is 3.28. The highest BCUT2D eigenvalue weighted by Gasteiger charge is 2.25. The van der Waals surface area contributed by atoms with Gasteiger partial charge in [0.1, 0.15) is 5.56 Å². The van der Waals surface area contributed by atoms with E-state index in [9.17, 15) is 20.0 Å². The van der Waals surface area contributed by atoms with Gasteiger partial charge in [-0.25, -0.2) is 4.79 Å². The van der Waals surface area contributed by atoms with Crippen molar-refractivity contribution in [1.29, 1.82) is 0 Å². The van der Waals surface area contributed by atoms with E-state index in [-0.39, 0.29) is 18.0 Å². The summed E-state index contributed by atoms with van der Waals surface area (Å²) >= 11 is 0. The maximum atomic E-state index is 11.7. The van der Waals surface area contributed by atoms with Crippen molar-refractivity contribution >= 4 is 11.7 Å². The molecule has 2 atom stereocenters. The van der Waals surface area contributed by atoms with Gasteiger partial charge < -0.3 is 14.6 Å². The first kappa shape index (κ1) is 30.1. The van der Waals surface area contributed by atoms with Gasteiger partial charge in [-0.3, -0.25) is 15.0 Å². The second-order valence-corrected chi connectivity index (χ2v) is 10.8. The molecule has 8 heteroatoms. The van der Waals surface area contributed by atoms with Crippen LogP contribution in [-0.4, -0.2) is 46.9 Å². The van der Waals surface area contributed by atoms with Crippen molar-refractivity contribution in [3.05, 3.63) is 135 Å². The van der Waals surface area contributed by atoms with Gasteiger partial charge in [0.2, 0.25) is 0 Å². The molecule has 0 aliphatic carbocycles. The summed E-state index contributed by atoms with van der Waals surface area (Å²) in [6.45, 7) is 2.79. The predicted octanol–water partition coefficient (Wildman–Crippen LogP) is 7.29. The fourth-order valence-electron chi connectivity index (χ4n) is 5.54. The number of rotatable bonds is 13. The number of nitrogens with zero attached hydrogens (tertiary/aromatic N) is 2. The summed E-state index contributed by atoms with van der Waals surface area (Å²) in [5.41, 5.74) is 4.02. The van der Waals surface area contributed by atoms with Crippen molar-refractivity contribution in [2.24, 2.45) is 0 Å². The molecule has 0 radical (unpaired) electrons. The Kier molecular flexibility index (Phi) is 10.3. The van der Waals surface area contributed by atoms with Gasteiger partial charge >= 0.3 is 5.97 Å². The van der Waals surface area contributed by atoms with E-state index in [0.29, 0.717) is 31.7 Å². The van der Waals surface area contributed by atoms with Crippen LogP contribution in [0, 0.1) is 10.1 Å². The van der Waals surface area contributed by atoms with Crippen molar-refractivity contribution in [2.45, 2.75) is 44.6 Å². The van der Waals surface area contributed by atoms with E-state index in [4.69, 9.17) is 9.47 Å². The number of carbonyl (C=O) groups is 1. The molecule has 4 aromatic carbocycles. The van der Waals surface area contributed by atoms with Crippen molar-refractivity contribution in [3.63, 3.8) is 0 Å². The van der Waals surface area contributed by atoms with E-state index in [1.165, 1.54) is 17.7 Å². The molecule has 222 valence electrons. The van der Waals surface area contributed by atoms with Gasteiger partial charge in [0, 0.05) is 32.3 Å². The highest BCUT2D eigenvalue weighted by molar-refractivity contribution is 5.93. The molecule has 0 saturated carbocycles. The number of hydrogen-bond donors (Lipinski definition) is 1. The molecule has 0 aromatic heterocycles. The Bertz CT molecular complexity index is 1510. The molecule has 0 amide bonds. The molecule has 1 unspecified atom stereocenters. The predicted molar refractivity (Wildman–Crippen MR) is 165 cm³/mol. The minimum atomic E-state index is -1.32. The van der Waals surface area contributed by atoms with Crippen LogP contribution in [0.15, 0.2) is 103 Å². The standard InChI is InChI=1S/C35H36N2O6/c38-35(39)31-19-18-29(23-32(31)37(40)41)30-16-8-7-13-27(30)20-21-36(24-26-11-3-1-4-12-26)25-33(28-14-5-2-6-15-28)43-34-17-9-10-22-42-34/h1-8,11-16,18-19,23,33-34H,9-10,17,20-22,24-25H2,(H,38,39)/t33-,34?/m0/s1. The van der Waals surface area contributed by atoms with E-state index >= 15 is 0 Å². The number of benzene rings is 4. The van der Waals surface area contributed by atoms with Gasteiger partial charge in [-0.05, 0) is 59.6 Å². The van der Waals surface area contributed by atoms with E-state index in [1.54, 1.807) is 6.07 Å². The van der Waals surface area contributed by atoms with Crippen molar-refractivity contribution in [1.82, 2.24) is 4.90 Å². The third kappa shape index (κ3) is 8.14. The van der Waals surface area contributed by atoms with E-state index in [1.807, 2.05) is 60.7 Å². The molecule has 1 N–H and O–H groups in total. The Morgan fingerprint density at radius 3 is 2.40 bits per heavy atom. The third-order valence-corrected chi connectivity index (χ3v) is 7.75. The molecule has 8 nitrogen and oxygen atoms in total. The van der Waals surface area contributed by atoms with Crippen LogP contribution in [0.4, 0.5) is 5.69 Å². The number of hydrogen-bond acceptors (Lipinski definition) is 6. The lowest BCUT2D eigenvalue weighted by Crippen LogP contribution is -2.34. The number of aromatic carboxylic acids is 1. The topological polar surface area (TPSA) is 102 Å². The summed E-state index contributed by atoms with van der Waals surface area (Å²) in [5.74, 6) is -1.32. The van der Waals surface area contributed by atoms with Gasteiger partial charge in [0.05, 0.1) is 11.0 Å². The highest BCUT2D eigenvalue weighted by Crippen LogP contribution is 2.31. The second kappa shape index (κ2) is 14.7. The summed E-state index contributed by atoms with van der Waals surface area (Å²) in [6, 6.07) is 32.7. The Balaban J connectivity index is 1.41. The fraction of sp³-hybridized carbons (Fsp3) is 0.286. The van der Waals surface area contributed by atoms with Crippen molar-refractivity contribution < 1.29 is 24.3 Å². The van der Waals surface area contributed by atoms with Crippen LogP contribution in [-0.2, 0) is 22.4 Å². The van der Waals surface area contributed by atoms with Gasteiger partial charge in [0.25, 0.3) is 5.69 Å². The summed E-state index contributed by atoms with van der Waals surface area (Å²) in [5, 5.41) is 21.1. The molecule has 0 bridgehead atoms. The van der Waals surface area contributed by atoms with Crippen LogP contribution in [0.1, 0.15) is 52.4 Å². The molecule has 1 fully saturated rings. The monoisotopic (exact) mass is 580 g/mol. The first-order chi connectivity index (χ1) is 21.0. The zero-order valence-electron chi connectivity index (χ0n) is 24.0. The zero-order chi connectivity index (χ0) is 30.0. The van der Waals surface area contributed by atoms with Gasteiger partial charge in [0.15, 0.2) is 6.29 Å². The fourth-order valence-corrected chi connectivity index (χ4v) is 5.54. The number of ether oxygens (including phenoxy) is 2. The summed E-state index contributed by atoms with van der Waals surface area (Å²) < 4.78 is 12.5. The normalized spacial score (nSPS) is 15.7. The molecule has 4 aromatic rings. The van der Waals surface area contributed by atoms with Gasteiger partial charge in [-0.1, -0.05) is 91.0 Å². The molecule has 1 saturated heterocycles. The average molecular weight is 581 g/mol. The lowest BCUT2D eigenvalue weighted by Gasteiger charge is -2.32. The number of carboxylic acids is 1. The van der Waals surface area contributed by atoms with Crippen molar-refractivity contribution in [2.75, 3.05) is 19.7 Å². The molecule has 5 rings (SSSR count). The lowest BCUT2D eigenvalue weighted by molar-refractivity contribution is -0.385. The first-order valence-electron chi connectivity index (χ1n) is 14.7. The molecule has 0 spiro atoms. The molecular weight excluding hydrogens is 544 g/mol. The van der Waals surface area contributed by atoms with Crippen LogP contribution < -0.4 is 0 Å². The molecule has 1 aliphatic rings. The Morgan fingerprint density at radius 2 is 1.70 bits per heavy atom. The SMILES string of the molecule is O=C(O)c1ccc(-c2ccccc2CCN(Cc2ccccc2)C[C@H](OC2CCCCO2)c2ccccc2)cc1[N+](=O)[O-]. The maximum Gasteiger partial charge on any atom is 0.342 e. The highest BCUT2D eigenvalue weighted by atomic mass is 16.7. The summed E-state index contributed by atoms with van der Waals surface area (Å²) in [7, 11) is 0. The Morgan fingerprint density at radius 1 is 0.977 bits per heavy atom. The molecule has 1 aliphatic heterocycles. The second-order valence-electron chi connectivity index (χ2n) is 10.8. The molecular formula is C35H36N2O6. The van der Waals surface area contributed by atoms with E-state index in [0.717, 1.165) is 42.5 Å². The van der Waals surface area contributed by atoms with Crippen molar-refractivity contribution in [3.8, 4) is 11.1 Å². The lowest BCUT2D eigenvalue weighted by atomic mass is 9.95. The van der Waals surface area contributed by atoms with Crippen LogP contribution >= 0.6 is 0 Å². The Hall–Kier alpha value is -4.37. The smallest absolute Gasteiger partial charge is 0.342 e. The number of carboxylic acid groups (broad SMARTS) is 1. The van der Waals surface area contributed by atoms with E-state index in [2.05, 4.69) is 29.2 Å². The van der Waals surface area contributed by atoms with Gasteiger partial charge in [-0.15, -0.1) is 0 Å². The zero-order valence-corrected chi connectivity index (χ0v) is 24.0. The average Bonchev–Trinajstić information content (AvgIpc) is 3.04. The quantitative estimate of drug-likeness (QED) is 0.131. The minimum absolute atomic E-state index is 0.186. The third-order valence-electron chi connectivity index (χ3n) is 7.75. The van der Waals surface area contributed by atoms with Gasteiger partial charge in [-0.2, -0.15) is 0 Å².